The molecule has 6 rings (SSSR count). The predicted octanol–water partition coefficient (Wildman–Crippen LogP) is 1.50. The summed E-state index contributed by atoms with van der Waals surface area (Å²) in [6.45, 7) is 1.05. The van der Waals surface area contributed by atoms with Gasteiger partial charge in [-0.05, 0) is 6.42 Å². The maximum Gasteiger partial charge on any atom is 0.330 e. The Bertz CT molecular complexity index is 1340. The number of fused-ring (bicyclic) bond motifs is 3. The standard InChI is InChI=1S/C18H17ClN8O3/c1-25-12-5-20-17(23-11-6-26-14(4-10(11)19)21-8-22-26)24-15(12)27(18(25)28)13-7-30-16-9(13)2-3-29-16/h4-6,8-9,13,16H,2-3,7H2,1H3,(H,20,23,24). The number of imidazole rings is 1. The molecule has 30 heavy (non-hydrogen) atoms. The number of hydrogen-bond acceptors (Lipinski definition) is 8. The zero-order valence-electron chi connectivity index (χ0n) is 15.9. The lowest BCUT2D eigenvalue weighted by Gasteiger charge is -2.16. The molecule has 11 nitrogen and oxygen atoms in total. The van der Waals surface area contributed by atoms with Crippen molar-refractivity contribution < 1.29 is 9.47 Å². The Morgan fingerprint density at radius 1 is 1.30 bits per heavy atom. The van der Waals surface area contributed by atoms with Crippen molar-refractivity contribution in [3.63, 3.8) is 0 Å². The van der Waals surface area contributed by atoms with Crippen molar-refractivity contribution in [1.82, 2.24) is 33.7 Å². The summed E-state index contributed by atoms with van der Waals surface area (Å²) in [6.07, 6.45) is 5.38. The quantitative estimate of drug-likeness (QED) is 0.522. The Balaban J connectivity index is 1.44. The van der Waals surface area contributed by atoms with Crippen LogP contribution in [0.1, 0.15) is 12.5 Å². The first kappa shape index (κ1) is 17.8. The van der Waals surface area contributed by atoms with Crippen LogP contribution in [0.5, 0.6) is 0 Å². The fourth-order valence-electron chi connectivity index (χ4n) is 4.25. The molecule has 1 N–H and O–H groups in total. The lowest BCUT2D eigenvalue weighted by molar-refractivity contribution is -0.0905. The molecule has 6 heterocycles. The smallest absolute Gasteiger partial charge is 0.330 e. The molecule has 0 spiro atoms. The third kappa shape index (κ3) is 2.56. The van der Waals surface area contributed by atoms with E-state index in [1.54, 1.807) is 39.2 Å². The molecule has 0 bridgehead atoms. The van der Waals surface area contributed by atoms with Crippen molar-refractivity contribution in [1.29, 1.82) is 0 Å². The minimum Gasteiger partial charge on any atom is -0.352 e. The first-order chi connectivity index (χ1) is 14.6. The Labute approximate surface area is 174 Å². The first-order valence-electron chi connectivity index (χ1n) is 9.53. The molecule has 0 amide bonds. The van der Waals surface area contributed by atoms with Crippen LogP contribution in [0, 0.1) is 5.92 Å². The summed E-state index contributed by atoms with van der Waals surface area (Å²) < 4.78 is 16.2. The first-order valence-corrected chi connectivity index (χ1v) is 9.91. The average Bonchev–Trinajstić information content (AvgIpc) is 3.49. The number of hydrogen-bond donors (Lipinski definition) is 1. The van der Waals surface area contributed by atoms with Crippen LogP contribution in [-0.4, -0.2) is 53.2 Å². The van der Waals surface area contributed by atoms with Crippen LogP contribution in [0.15, 0.2) is 29.6 Å². The van der Waals surface area contributed by atoms with Gasteiger partial charge in [-0.15, -0.1) is 0 Å². The number of pyridine rings is 1. The van der Waals surface area contributed by atoms with Gasteiger partial charge in [0.15, 0.2) is 17.6 Å². The molecule has 3 atom stereocenters. The van der Waals surface area contributed by atoms with Crippen LogP contribution >= 0.6 is 11.6 Å². The molecule has 0 aromatic carbocycles. The van der Waals surface area contributed by atoms with Gasteiger partial charge in [0.05, 0.1) is 42.4 Å². The lowest BCUT2D eigenvalue weighted by Crippen LogP contribution is -2.30. The number of halogens is 1. The fourth-order valence-corrected chi connectivity index (χ4v) is 4.45. The highest BCUT2D eigenvalue weighted by atomic mass is 35.5. The second-order valence-electron chi connectivity index (χ2n) is 7.43. The number of aromatic nitrogens is 7. The summed E-state index contributed by atoms with van der Waals surface area (Å²) in [5.41, 5.74) is 2.24. The number of nitrogens with zero attached hydrogens (tertiary/aromatic N) is 7. The molecule has 154 valence electrons. The van der Waals surface area contributed by atoms with Gasteiger partial charge in [-0.25, -0.2) is 19.3 Å². The third-order valence-electron chi connectivity index (χ3n) is 5.78. The molecular weight excluding hydrogens is 412 g/mol. The molecule has 0 radical (unpaired) electrons. The van der Waals surface area contributed by atoms with Crippen LogP contribution in [0.4, 0.5) is 11.6 Å². The summed E-state index contributed by atoms with van der Waals surface area (Å²) in [6, 6.07) is 1.57. The zero-order chi connectivity index (χ0) is 20.4. The molecule has 2 aliphatic heterocycles. The molecule has 4 aromatic rings. The van der Waals surface area contributed by atoms with Crippen molar-refractivity contribution in [3.05, 3.63) is 40.3 Å². The van der Waals surface area contributed by atoms with Crippen molar-refractivity contribution in [2.75, 3.05) is 18.5 Å². The second-order valence-corrected chi connectivity index (χ2v) is 7.84. The van der Waals surface area contributed by atoms with Gasteiger partial charge in [0, 0.05) is 19.0 Å². The topological polar surface area (TPSA) is 113 Å². The van der Waals surface area contributed by atoms with E-state index in [1.165, 1.54) is 6.33 Å². The van der Waals surface area contributed by atoms with Crippen LogP contribution in [0.2, 0.25) is 5.02 Å². The van der Waals surface area contributed by atoms with Gasteiger partial charge in [0.2, 0.25) is 5.95 Å². The van der Waals surface area contributed by atoms with E-state index in [-0.39, 0.29) is 23.9 Å². The number of aryl methyl sites for hydroxylation is 1. The molecule has 2 aliphatic rings. The predicted molar refractivity (Wildman–Crippen MR) is 107 cm³/mol. The van der Waals surface area contributed by atoms with Crippen molar-refractivity contribution in [2.45, 2.75) is 18.8 Å². The molecule has 2 saturated heterocycles. The Morgan fingerprint density at radius 2 is 2.20 bits per heavy atom. The zero-order valence-corrected chi connectivity index (χ0v) is 16.7. The summed E-state index contributed by atoms with van der Waals surface area (Å²) in [5, 5.41) is 7.69. The normalized spacial score (nSPS) is 23.5. The fraction of sp³-hybridized carbons (Fsp3) is 0.389. The van der Waals surface area contributed by atoms with Gasteiger partial charge in [-0.2, -0.15) is 10.1 Å². The van der Waals surface area contributed by atoms with Crippen molar-refractivity contribution in [2.24, 2.45) is 13.0 Å². The van der Waals surface area contributed by atoms with Gasteiger partial charge in [-0.1, -0.05) is 11.6 Å². The number of nitrogens with one attached hydrogen (secondary N) is 1. The largest absolute Gasteiger partial charge is 0.352 e. The Morgan fingerprint density at radius 3 is 3.10 bits per heavy atom. The van der Waals surface area contributed by atoms with E-state index >= 15 is 0 Å². The highest BCUT2D eigenvalue weighted by Crippen LogP contribution is 2.39. The van der Waals surface area contributed by atoms with E-state index in [4.69, 9.17) is 21.1 Å². The molecule has 0 aliphatic carbocycles. The van der Waals surface area contributed by atoms with E-state index in [0.29, 0.717) is 46.7 Å². The Kier molecular flexibility index (Phi) is 3.85. The van der Waals surface area contributed by atoms with Crippen LogP contribution in [0.3, 0.4) is 0 Å². The Hall–Kier alpha value is -3.02. The van der Waals surface area contributed by atoms with Gasteiger partial charge in [0.1, 0.15) is 11.8 Å². The monoisotopic (exact) mass is 428 g/mol. The van der Waals surface area contributed by atoms with Crippen LogP contribution in [-0.2, 0) is 16.5 Å². The molecular formula is C18H17ClN8O3. The van der Waals surface area contributed by atoms with Gasteiger partial charge < -0.3 is 14.8 Å². The number of rotatable bonds is 3. The van der Waals surface area contributed by atoms with E-state index in [0.717, 1.165) is 6.42 Å². The maximum absolute atomic E-state index is 13.0. The van der Waals surface area contributed by atoms with Crippen LogP contribution < -0.4 is 11.0 Å². The number of anilines is 2. The minimum atomic E-state index is -0.259. The van der Waals surface area contributed by atoms with Gasteiger partial charge >= 0.3 is 5.69 Å². The van der Waals surface area contributed by atoms with E-state index in [9.17, 15) is 4.79 Å². The van der Waals surface area contributed by atoms with Gasteiger partial charge in [-0.3, -0.25) is 9.13 Å². The molecule has 2 fully saturated rings. The molecule has 3 unspecified atom stereocenters. The summed E-state index contributed by atoms with van der Waals surface area (Å²) in [5.74, 6) is 0.449. The van der Waals surface area contributed by atoms with Gasteiger partial charge in [0.25, 0.3) is 0 Å². The van der Waals surface area contributed by atoms with E-state index in [1.807, 2.05) is 0 Å². The van der Waals surface area contributed by atoms with E-state index < -0.39 is 0 Å². The maximum atomic E-state index is 13.0. The average molecular weight is 429 g/mol. The molecule has 12 heteroatoms. The summed E-state index contributed by atoms with van der Waals surface area (Å²) >= 11 is 6.36. The lowest BCUT2D eigenvalue weighted by atomic mass is 10.0. The third-order valence-corrected chi connectivity index (χ3v) is 6.10. The number of ether oxygens (including phenoxy) is 2. The van der Waals surface area contributed by atoms with E-state index in [2.05, 4.69) is 25.4 Å². The SMILES string of the molecule is Cn1c(=O)n(C2COC3OCCC32)c2nc(Nc3cn4ncnc4cc3Cl)ncc21. The molecule has 4 aromatic heterocycles. The summed E-state index contributed by atoms with van der Waals surface area (Å²) in [7, 11) is 1.71. The second kappa shape index (κ2) is 6.49. The highest BCUT2D eigenvalue weighted by Gasteiger charge is 2.44. The van der Waals surface area contributed by atoms with Crippen molar-refractivity contribution >= 4 is 40.0 Å². The minimum absolute atomic E-state index is 0.129. The molecule has 0 saturated carbocycles. The summed E-state index contributed by atoms with van der Waals surface area (Å²) in [4.78, 5) is 26.1. The highest BCUT2D eigenvalue weighted by molar-refractivity contribution is 6.33. The van der Waals surface area contributed by atoms with Crippen molar-refractivity contribution in [3.8, 4) is 0 Å². The van der Waals surface area contributed by atoms with Crippen LogP contribution in [0.25, 0.3) is 16.8 Å².